The maximum atomic E-state index is 6.03. The Kier molecular flexibility index (Phi) is 4.36. The van der Waals surface area contributed by atoms with Crippen LogP contribution >= 0.6 is 11.5 Å². The Hall–Kier alpha value is -1.66. The molecule has 3 heterocycles. The third kappa shape index (κ3) is 3.16. The van der Waals surface area contributed by atoms with Gasteiger partial charge in [0.25, 0.3) is 0 Å². The Morgan fingerprint density at radius 3 is 3.14 bits per heavy atom. The second-order valence-electron chi connectivity index (χ2n) is 5.52. The van der Waals surface area contributed by atoms with E-state index in [0.717, 1.165) is 22.7 Å². The summed E-state index contributed by atoms with van der Waals surface area (Å²) in [5.74, 6) is 0.576. The van der Waals surface area contributed by atoms with Crippen molar-refractivity contribution in [3.63, 3.8) is 0 Å². The molecule has 0 radical (unpaired) electrons. The van der Waals surface area contributed by atoms with Gasteiger partial charge in [-0.25, -0.2) is 0 Å². The minimum atomic E-state index is 0.576. The number of nitrogen functional groups attached to an aromatic ring is 1. The van der Waals surface area contributed by atoms with Crippen molar-refractivity contribution in [2.75, 3.05) is 31.2 Å². The van der Waals surface area contributed by atoms with E-state index in [4.69, 9.17) is 5.73 Å². The van der Waals surface area contributed by atoms with Crippen molar-refractivity contribution >= 4 is 22.4 Å². The molecular formula is C15H21N5S. The molecule has 1 aliphatic rings. The van der Waals surface area contributed by atoms with Crippen molar-refractivity contribution in [3.8, 4) is 11.1 Å². The Morgan fingerprint density at radius 1 is 1.48 bits per heavy atom. The Labute approximate surface area is 129 Å². The molecule has 0 saturated carbocycles. The van der Waals surface area contributed by atoms with Crippen LogP contribution in [-0.4, -0.2) is 40.4 Å². The summed E-state index contributed by atoms with van der Waals surface area (Å²) in [5.41, 5.74) is 8.03. The van der Waals surface area contributed by atoms with Gasteiger partial charge >= 0.3 is 0 Å². The van der Waals surface area contributed by atoms with Crippen LogP contribution in [0.4, 0.5) is 10.8 Å². The number of hydrogen-bond donors (Lipinski definition) is 2. The lowest BCUT2D eigenvalue weighted by Crippen LogP contribution is -2.40. The lowest BCUT2D eigenvalue weighted by molar-refractivity contribution is 0.195. The van der Waals surface area contributed by atoms with Gasteiger partial charge in [0.2, 0.25) is 0 Å². The van der Waals surface area contributed by atoms with Crippen LogP contribution in [0.25, 0.3) is 11.1 Å². The molecule has 0 bridgehead atoms. The van der Waals surface area contributed by atoms with Crippen LogP contribution < -0.4 is 11.1 Å². The zero-order chi connectivity index (χ0) is 14.7. The van der Waals surface area contributed by atoms with Gasteiger partial charge in [-0.3, -0.25) is 4.98 Å². The molecule has 2 aromatic rings. The highest BCUT2D eigenvalue weighted by atomic mass is 32.1. The van der Waals surface area contributed by atoms with Crippen molar-refractivity contribution in [3.05, 3.63) is 24.5 Å². The van der Waals surface area contributed by atoms with Gasteiger partial charge in [-0.15, -0.1) is 0 Å². The first-order valence-electron chi connectivity index (χ1n) is 7.35. The van der Waals surface area contributed by atoms with Crippen molar-refractivity contribution in [2.45, 2.75) is 25.3 Å². The molecular weight excluding hydrogens is 282 g/mol. The summed E-state index contributed by atoms with van der Waals surface area (Å²) >= 11 is 1.43. The van der Waals surface area contributed by atoms with E-state index < -0.39 is 0 Å². The number of hydrogen-bond acceptors (Lipinski definition) is 6. The molecule has 1 fully saturated rings. The van der Waals surface area contributed by atoms with Crippen LogP contribution in [-0.2, 0) is 0 Å². The van der Waals surface area contributed by atoms with E-state index in [2.05, 4.69) is 26.6 Å². The van der Waals surface area contributed by atoms with E-state index in [0.29, 0.717) is 11.9 Å². The third-order valence-electron chi connectivity index (χ3n) is 4.09. The molecule has 1 aliphatic heterocycles. The first kappa shape index (κ1) is 14.3. The van der Waals surface area contributed by atoms with Gasteiger partial charge < -0.3 is 16.0 Å². The average molecular weight is 303 g/mol. The summed E-state index contributed by atoms with van der Waals surface area (Å²) in [4.78, 5) is 6.61. The van der Waals surface area contributed by atoms with Crippen LogP contribution in [0, 0.1) is 0 Å². The largest absolute Gasteiger partial charge is 0.382 e. The molecule has 1 atom stereocenters. The topological polar surface area (TPSA) is 67.1 Å². The molecule has 3 rings (SSSR count). The van der Waals surface area contributed by atoms with Crippen molar-refractivity contribution in [2.24, 2.45) is 0 Å². The lowest BCUT2D eigenvalue weighted by atomic mass is 10.0. The number of aromatic nitrogens is 2. The second-order valence-corrected chi connectivity index (χ2v) is 6.30. The number of rotatable bonds is 4. The van der Waals surface area contributed by atoms with Crippen molar-refractivity contribution in [1.29, 1.82) is 0 Å². The highest BCUT2D eigenvalue weighted by molar-refractivity contribution is 7.11. The number of pyridine rings is 1. The molecule has 1 unspecified atom stereocenters. The molecule has 5 nitrogen and oxygen atoms in total. The summed E-state index contributed by atoms with van der Waals surface area (Å²) in [6.45, 7) is 2.12. The summed E-state index contributed by atoms with van der Waals surface area (Å²) in [7, 11) is 2.20. The first-order chi connectivity index (χ1) is 10.3. The zero-order valence-electron chi connectivity index (χ0n) is 12.2. The minimum Gasteiger partial charge on any atom is -0.382 e. The van der Waals surface area contributed by atoms with Crippen LogP contribution in [0.2, 0.25) is 0 Å². The standard InChI is InChI=1S/C15H21N5S/c1-20-8-3-2-6-12(20)10-18-15-13(14(16)19-21-15)11-5-4-7-17-9-11/h4-5,7,9,12,18H,2-3,6,8,10H2,1H3,(H2,16,19). The Bertz CT molecular complexity index is 583. The second kappa shape index (κ2) is 6.41. The maximum absolute atomic E-state index is 6.03. The van der Waals surface area contributed by atoms with Crippen LogP contribution in [0.15, 0.2) is 24.5 Å². The fourth-order valence-corrected chi connectivity index (χ4v) is 3.57. The number of likely N-dealkylation sites (N-methyl/N-ethyl adjacent to an activating group) is 1. The van der Waals surface area contributed by atoms with Gasteiger partial charge in [0.15, 0.2) is 0 Å². The zero-order valence-corrected chi connectivity index (χ0v) is 13.1. The third-order valence-corrected chi connectivity index (χ3v) is 4.91. The van der Waals surface area contributed by atoms with E-state index in [1.165, 1.54) is 37.3 Å². The summed E-state index contributed by atoms with van der Waals surface area (Å²) in [6.07, 6.45) is 7.47. The Balaban J connectivity index is 1.74. The molecule has 0 amide bonds. The average Bonchev–Trinajstić information content (AvgIpc) is 2.88. The molecule has 3 N–H and O–H groups in total. The number of piperidine rings is 1. The monoisotopic (exact) mass is 303 g/mol. The molecule has 1 saturated heterocycles. The quantitative estimate of drug-likeness (QED) is 0.909. The normalized spacial score (nSPS) is 19.6. The highest BCUT2D eigenvalue weighted by Crippen LogP contribution is 2.36. The molecule has 6 heteroatoms. The molecule has 21 heavy (non-hydrogen) atoms. The van der Waals surface area contributed by atoms with Crippen molar-refractivity contribution in [1.82, 2.24) is 14.3 Å². The highest BCUT2D eigenvalue weighted by Gasteiger charge is 2.20. The molecule has 0 aliphatic carbocycles. The number of nitrogens with zero attached hydrogens (tertiary/aromatic N) is 3. The predicted octanol–water partition coefficient (Wildman–Crippen LogP) is 2.68. The molecule has 112 valence electrons. The summed E-state index contributed by atoms with van der Waals surface area (Å²) < 4.78 is 4.29. The molecule has 0 spiro atoms. The van der Waals surface area contributed by atoms with Crippen LogP contribution in [0.5, 0.6) is 0 Å². The summed E-state index contributed by atoms with van der Waals surface area (Å²) in [6, 6.07) is 4.53. The number of likely N-dealkylation sites (tertiary alicyclic amines) is 1. The maximum Gasteiger partial charge on any atom is 0.147 e. The van der Waals surface area contributed by atoms with E-state index in [1.807, 2.05) is 18.3 Å². The smallest absolute Gasteiger partial charge is 0.147 e. The fourth-order valence-electron chi connectivity index (χ4n) is 2.83. The molecule has 0 aromatic carbocycles. The van der Waals surface area contributed by atoms with Crippen molar-refractivity contribution < 1.29 is 0 Å². The van der Waals surface area contributed by atoms with Crippen LogP contribution in [0.1, 0.15) is 19.3 Å². The predicted molar refractivity (Wildman–Crippen MR) is 88.5 cm³/mol. The number of nitrogens with two attached hydrogens (primary N) is 1. The Morgan fingerprint density at radius 2 is 2.38 bits per heavy atom. The first-order valence-corrected chi connectivity index (χ1v) is 8.12. The van der Waals surface area contributed by atoms with Gasteiger partial charge in [0, 0.05) is 30.5 Å². The number of nitrogens with one attached hydrogen (secondary N) is 1. The van der Waals surface area contributed by atoms with E-state index in [9.17, 15) is 0 Å². The SMILES string of the molecule is CN1CCCCC1CNc1snc(N)c1-c1cccnc1. The fraction of sp³-hybridized carbons (Fsp3) is 0.467. The lowest BCUT2D eigenvalue weighted by Gasteiger charge is -2.32. The van der Waals surface area contributed by atoms with Gasteiger partial charge in [0.05, 0.1) is 5.56 Å². The van der Waals surface area contributed by atoms with E-state index in [-0.39, 0.29) is 0 Å². The van der Waals surface area contributed by atoms with Crippen LogP contribution in [0.3, 0.4) is 0 Å². The van der Waals surface area contributed by atoms with E-state index >= 15 is 0 Å². The minimum absolute atomic E-state index is 0.576. The van der Waals surface area contributed by atoms with Gasteiger partial charge in [-0.05, 0) is 44.0 Å². The van der Waals surface area contributed by atoms with Gasteiger partial charge in [-0.2, -0.15) is 4.37 Å². The number of anilines is 2. The summed E-state index contributed by atoms with van der Waals surface area (Å²) in [5, 5.41) is 4.58. The van der Waals surface area contributed by atoms with E-state index in [1.54, 1.807) is 6.20 Å². The van der Waals surface area contributed by atoms with Gasteiger partial charge in [-0.1, -0.05) is 12.5 Å². The van der Waals surface area contributed by atoms with Gasteiger partial charge in [0.1, 0.15) is 10.8 Å². The molecule has 2 aromatic heterocycles.